The van der Waals surface area contributed by atoms with Gasteiger partial charge in [0.15, 0.2) is 0 Å². The Balaban J connectivity index is 2.14. The Labute approximate surface area is 156 Å². The van der Waals surface area contributed by atoms with Crippen LogP contribution in [-0.4, -0.2) is 23.3 Å². The Hall–Kier alpha value is -3.15. The quantitative estimate of drug-likeness (QED) is 0.531. The number of benzene rings is 2. The van der Waals surface area contributed by atoms with Crippen molar-refractivity contribution >= 4 is 22.6 Å². The van der Waals surface area contributed by atoms with Gasteiger partial charge in [-0.2, -0.15) is 0 Å². The summed E-state index contributed by atoms with van der Waals surface area (Å²) in [5.74, 6) is -1.64. The van der Waals surface area contributed by atoms with Crippen LogP contribution in [0.4, 0.5) is 4.39 Å². The number of nitrogens with one attached hydrogen (secondary N) is 1. The highest BCUT2D eigenvalue weighted by Gasteiger charge is 2.25. The predicted octanol–water partition coefficient (Wildman–Crippen LogP) is 3.87. The third-order valence-corrected chi connectivity index (χ3v) is 4.33. The Bertz CT molecular complexity index is 994. The molecule has 0 saturated heterocycles. The molecule has 6 heteroatoms. The van der Waals surface area contributed by atoms with E-state index in [1.165, 1.54) is 19.2 Å². The second-order valence-corrected chi connectivity index (χ2v) is 6.52. The average molecular weight is 368 g/mol. The van der Waals surface area contributed by atoms with Crippen LogP contribution in [0.2, 0.25) is 0 Å². The molecular formula is C21H21FN2O3. The number of halogens is 1. The second-order valence-electron chi connectivity index (χ2n) is 6.52. The summed E-state index contributed by atoms with van der Waals surface area (Å²) in [6.45, 7) is 4.06. The van der Waals surface area contributed by atoms with Crippen LogP contribution in [0.25, 0.3) is 10.9 Å². The Morgan fingerprint density at radius 3 is 2.52 bits per heavy atom. The van der Waals surface area contributed by atoms with Crippen LogP contribution in [0.1, 0.15) is 35.8 Å². The molecule has 0 unspecified atom stereocenters. The summed E-state index contributed by atoms with van der Waals surface area (Å²) in [6, 6.07) is 12.0. The summed E-state index contributed by atoms with van der Waals surface area (Å²) in [6.07, 6.45) is 1.59. The van der Waals surface area contributed by atoms with Crippen molar-refractivity contribution in [3.63, 3.8) is 0 Å². The van der Waals surface area contributed by atoms with Gasteiger partial charge in [-0.15, -0.1) is 0 Å². The fraction of sp³-hybridized carbons (Fsp3) is 0.238. The lowest BCUT2D eigenvalue weighted by Gasteiger charge is -2.12. The van der Waals surface area contributed by atoms with E-state index in [1.54, 1.807) is 10.8 Å². The fourth-order valence-electron chi connectivity index (χ4n) is 3.00. The molecule has 3 aromatic rings. The first kappa shape index (κ1) is 18.6. The van der Waals surface area contributed by atoms with Crippen molar-refractivity contribution in [2.24, 2.45) is 0 Å². The van der Waals surface area contributed by atoms with Gasteiger partial charge in [0.1, 0.15) is 18.2 Å². The van der Waals surface area contributed by atoms with Crippen molar-refractivity contribution in [1.82, 2.24) is 9.88 Å². The number of ether oxygens (including phenoxy) is 1. The number of likely N-dealkylation sites (N-methyl/N-ethyl adjacent to an activating group) is 1. The third-order valence-electron chi connectivity index (χ3n) is 4.33. The maximum absolute atomic E-state index is 14.2. The minimum absolute atomic E-state index is 0.0255. The zero-order chi connectivity index (χ0) is 19.6. The average Bonchev–Trinajstić information content (AvgIpc) is 3.05. The number of hydrogen-bond acceptors (Lipinski definition) is 3. The molecule has 0 atom stereocenters. The minimum atomic E-state index is -0.726. The number of aromatic nitrogens is 1. The Kier molecular flexibility index (Phi) is 5.26. The summed E-state index contributed by atoms with van der Waals surface area (Å²) >= 11 is 0. The van der Waals surface area contributed by atoms with Gasteiger partial charge >= 0.3 is 0 Å². The first-order valence-electron chi connectivity index (χ1n) is 8.69. The van der Waals surface area contributed by atoms with Crippen molar-refractivity contribution < 1.29 is 18.7 Å². The van der Waals surface area contributed by atoms with Crippen molar-refractivity contribution in [1.29, 1.82) is 0 Å². The lowest BCUT2D eigenvalue weighted by molar-refractivity contribution is -0.116. The number of nitrogens with zero attached hydrogens (tertiary/aromatic N) is 1. The zero-order valence-electron chi connectivity index (χ0n) is 15.5. The van der Waals surface area contributed by atoms with Crippen LogP contribution in [0, 0.1) is 5.82 Å². The minimum Gasteiger partial charge on any atom is -0.488 e. The topological polar surface area (TPSA) is 60.3 Å². The molecule has 0 fully saturated rings. The molecule has 1 N–H and O–H groups in total. The van der Waals surface area contributed by atoms with Gasteiger partial charge in [0.2, 0.25) is 0 Å². The predicted molar refractivity (Wildman–Crippen MR) is 101 cm³/mol. The second kappa shape index (κ2) is 7.61. The third kappa shape index (κ3) is 3.69. The molecule has 1 aromatic heterocycles. The molecular weight excluding hydrogens is 347 g/mol. The van der Waals surface area contributed by atoms with E-state index in [0.717, 1.165) is 5.56 Å². The molecule has 0 aliphatic carbocycles. The van der Waals surface area contributed by atoms with Crippen molar-refractivity contribution in [2.75, 3.05) is 7.05 Å². The lowest BCUT2D eigenvalue weighted by Crippen LogP contribution is -2.27. The van der Waals surface area contributed by atoms with Gasteiger partial charge in [0.05, 0.1) is 16.5 Å². The van der Waals surface area contributed by atoms with Crippen LogP contribution in [-0.2, 0) is 11.4 Å². The van der Waals surface area contributed by atoms with Gasteiger partial charge in [-0.3, -0.25) is 9.59 Å². The first-order chi connectivity index (χ1) is 12.9. The van der Waals surface area contributed by atoms with E-state index < -0.39 is 17.5 Å². The summed E-state index contributed by atoms with van der Waals surface area (Å²) in [5.41, 5.74) is 1.62. The van der Waals surface area contributed by atoms with E-state index in [1.807, 2.05) is 44.2 Å². The van der Waals surface area contributed by atoms with E-state index in [0.29, 0.717) is 10.9 Å². The molecule has 0 radical (unpaired) electrons. The normalized spacial score (nSPS) is 11.0. The summed E-state index contributed by atoms with van der Waals surface area (Å²) in [7, 11) is 1.40. The SMILES string of the molecule is CNC(=O)C(=O)c1cn(C(C)C)c2cc(F)cc(OCc3ccccc3)c12. The molecule has 140 valence electrons. The summed E-state index contributed by atoms with van der Waals surface area (Å²) in [5, 5.41) is 2.78. The lowest BCUT2D eigenvalue weighted by atomic mass is 10.1. The van der Waals surface area contributed by atoms with Gasteiger partial charge in [-0.25, -0.2) is 4.39 Å². The van der Waals surface area contributed by atoms with Crippen molar-refractivity contribution in [3.8, 4) is 5.75 Å². The maximum Gasteiger partial charge on any atom is 0.292 e. The van der Waals surface area contributed by atoms with E-state index in [4.69, 9.17) is 4.74 Å². The van der Waals surface area contributed by atoms with Crippen LogP contribution >= 0.6 is 0 Å². The number of carbonyl (C=O) groups excluding carboxylic acids is 2. The number of carbonyl (C=O) groups is 2. The van der Waals surface area contributed by atoms with Crippen molar-refractivity contribution in [2.45, 2.75) is 26.5 Å². The van der Waals surface area contributed by atoms with E-state index in [2.05, 4.69) is 5.32 Å². The van der Waals surface area contributed by atoms with Crippen LogP contribution in [0.5, 0.6) is 5.75 Å². The highest BCUT2D eigenvalue weighted by Crippen LogP contribution is 2.34. The van der Waals surface area contributed by atoms with E-state index >= 15 is 0 Å². The molecule has 0 bridgehead atoms. The van der Waals surface area contributed by atoms with E-state index in [-0.39, 0.29) is 24.0 Å². The number of hydrogen-bond donors (Lipinski definition) is 1. The van der Waals surface area contributed by atoms with Crippen LogP contribution in [0.15, 0.2) is 48.7 Å². The van der Waals surface area contributed by atoms with Crippen LogP contribution < -0.4 is 10.1 Å². The molecule has 0 spiro atoms. The molecule has 1 heterocycles. The molecule has 0 aliphatic rings. The van der Waals surface area contributed by atoms with Gasteiger partial charge in [-0.05, 0) is 25.5 Å². The highest BCUT2D eigenvalue weighted by molar-refractivity contribution is 6.45. The summed E-state index contributed by atoms with van der Waals surface area (Å²) < 4.78 is 21.9. The van der Waals surface area contributed by atoms with Crippen LogP contribution in [0.3, 0.4) is 0 Å². The monoisotopic (exact) mass is 368 g/mol. The number of Topliss-reactive ketones (excluding diaryl/α,β-unsaturated/α-hetero) is 1. The smallest absolute Gasteiger partial charge is 0.292 e. The summed E-state index contributed by atoms with van der Waals surface area (Å²) in [4.78, 5) is 24.5. The van der Waals surface area contributed by atoms with Gasteiger partial charge in [0.25, 0.3) is 11.7 Å². The Morgan fingerprint density at radius 1 is 1.19 bits per heavy atom. The number of rotatable bonds is 6. The van der Waals surface area contributed by atoms with Crippen molar-refractivity contribution in [3.05, 3.63) is 65.6 Å². The molecule has 3 rings (SSSR count). The van der Waals surface area contributed by atoms with Gasteiger partial charge in [0, 0.05) is 25.4 Å². The standard InChI is InChI=1S/C21H21FN2O3/c1-13(2)24-11-16(20(25)21(26)23-3)19-17(24)9-15(22)10-18(19)27-12-14-7-5-4-6-8-14/h4-11,13H,12H2,1-3H3,(H,23,26). The van der Waals surface area contributed by atoms with Gasteiger partial charge < -0.3 is 14.6 Å². The highest BCUT2D eigenvalue weighted by atomic mass is 19.1. The molecule has 2 aromatic carbocycles. The Morgan fingerprint density at radius 2 is 1.89 bits per heavy atom. The number of ketones is 1. The maximum atomic E-state index is 14.2. The van der Waals surface area contributed by atoms with Gasteiger partial charge in [-0.1, -0.05) is 30.3 Å². The molecule has 1 amide bonds. The van der Waals surface area contributed by atoms with E-state index in [9.17, 15) is 14.0 Å². The molecule has 27 heavy (non-hydrogen) atoms. The fourth-order valence-corrected chi connectivity index (χ4v) is 3.00. The largest absolute Gasteiger partial charge is 0.488 e. The molecule has 0 aliphatic heterocycles. The first-order valence-corrected chi connectivity index (χ1v) is 8.69. The molecule has 0 saturated carbocycles. The number of amides is 1. The zero-order valence-corrected chi connectivity index (χ0v) is 15.5. The number of fused-ring (bicyclic) bond motifs is 1. The molecule has 5 nitrogen and oxygen atoms in total.